The standard InChI is InChI=1S/C20H25N5O2S/c1-23-16-18(15-22-23)19-9-5-6-13-25(19)28(26,27)20-10-12-21-24(20)14-11-17-7-3-2-4-8-17/h2-4,7-8,10,12,15-16,19H,5-6,9,11,13-14H2,1H3. The topological polar surface area (TPSA) is 73.0 Å². The molecule has 28 heavy (non-hydrogen) atoms. The molecule has 1 unspecified atom stereocenters. The Kier molecular flexibility index (Phi) is 5.32. The molecule has 8 heteroatoms. The molecule has 1 aliphatic rings. The van der Waals surface area contributed by atoms with E-state index in [0.717, 1.165) is 36.8 Å². The van der Waals surface area contributed by atoms with Crippen molar-refractivity contribution in [2.75, 3.05) is 6.54 Å². The van der Waals surface area contributed by atoms with Gasteiger partial charge in [-0.1, -0.05) is 36.8 Å². The van der Waals surface area contributed by atoms with E-state index in [4.69, 9.17) is 0 Å². The Hall–Kier alpha value is -2.45. The van der Waals surface area contributed by atoms with Crippen LogP contribution in [0.25, 0.3) is 0 Å². The summed E-state index contributed by atoms with van der Waals surface area (Å²) in [5.74, 6) is 0. The molecule has 1 fully saturated rings. The van der Waals surface area contributed by atoms with Crippen LogP contribution in [0, 0.1) is 0 Å². The molecule has 3 aromatic rings. The van der Waals surface area contributed by atoms with Crippen LogP contribution in [-0.4, -0.2) is 38.8 Å². The smallest absolute Gasteiger partial charge is 0.260 e. The lowest BCUT2D eigenvalue weighted by Crippen LogP contribution is -2.39. The first-order valence-electron chi connectivity index (χ1n) is 9.62. The molecule has 0 amide bonds. The lowest BCUT2D eigenvalue weighted by molar-refractivity contribution is 0.254. The molecule has 3 heterocycles. The maximum atomic E-state index is 13.5. The summed E-state index contributed by atoms with van der Waals surface area (Å²) in [6, 6.07) is 11.5. The average Bonchev–Trinajstić information content (AvgIpc) is 3.36. The zero-order valence-electron chi connectivity index (χ0n) is 16.0. The molecule has 0 radical (unpaired) electrons. The lowest BCUT2D eigenvalue weighted by Gasteiger charge is -2.34. The summed E-state index contributed by atoms with van der Waals surface area (Å²) in [6.45, 7) is 1.04. The van der Waals surface area contributed by atoms with Gasteiger partial charge in [0.1, 0.15) is 0 Å². The zero-order valence-corrected chi connectivity index (χ0v) is 16.8. The summed E-state index contributed by atoms with van der Waals surface area (Å²) in [5.41, 5.74) is 2.11. The van der Waals surface area contributed by atoms with Crippen molar-refractivity contribution in [3.05, 3.63) is 66.1 Å². The van der Waals surface area contributed by atoms with Crippen LogP contribution < -0.4 is 0 Å². The molecule has 1 saturated heterocycles. The van der Waals surface area contributed by atoms with Gasteiger partial charge in [0, 0.05) is 31.9 Å². The quantitative estimate of drug-likeness (QED) is 0.639. The Bertz CT molecular complexity index is 1030. The molecule has 148 valence electrons. The van der Waals surface area contributed by atoms with Crippen LogP contribution in [-0.2, 0) is 30.0 Å². The lowest BCUT2D eigenvalue weighted by atomic mass is 10.0. The number of aryl methyl sites for hydroxylation is 3. The van der Waals surface area contributed by atoms with Crippen molar-refractivity contribution in [1.82, 2.24) is 23.9 Å². The molecule has 2 aromatic heterocycles. The molecule has 0 N–H and O–H groups in total. The zero-order chi connectivity index (χ0) is 19.6. The molecule has 7 nitrogen and oxygen atoms in total. The van der Waals surface area contributed by atoms with Gasteiger partial charge in [0.15, 0.2) is 5.03 Å². The minimum absolute atomic E-state index is 0.176. The van der Waals surface area contributed by atoms with E-state index >= 15 is 0 Å². The van der Waals surface area contributed by atoms with Crippen LogP contribution in [0.15, 0.2) is 60.0 Å². The van der Waals surface area contributed by atoms with Crippen LogP contribution in [0.1, 0.15) is 36.4 Å². The molecule has 0 bridgehead atoms. The van der Waals surface area contributed by atoms with Gasteiger partial charge in [0.2, 0.25) is 0 Å². The van der Waals surface area contributed by atoms with E-state index < -0.39 is 10.0 Å². The van der Waals surface area contributed by atoms with E-state index in [1.165, 1.54) is 0 Å². The summed E-state index contributed by atoms with van der Waals surface area (Å²) in [5, 5.41) is 8.78. The van der Waals surface area contributed by atoms with Crippen LogP contribution in [0.5, 0.6) is 0 Å². The molecule has 0 spiro atoms. The summed E-state index contributed by atoms with van der Waals surface area (Å²) >= 11 is 0. The van der Waals surface area contributed by atoms with Crippen LogP contribution in [0.3, 0.4) is 0 Å². The molecule has 1 aromatic carbocycles. The van der Waals surface area contributed by atoms with Crippen molar-refractivity contribution < 1.29 is 8.42 Å². The highest BCUT2D eigenvalue weighted by Gasteiger charge is 2.36. The highest BCUT2D eigenvalue weighted by molar-refractivity contribution is 7.89. The molecule has 0 saturated carbocycles. The number of sulfonamides is 1. The Morgan fingerprint density at radius 2 is 1.93 bits per heavy atom. The summed E-state index contributed by atoms with van der Waals surface area (Å²) in [7, 11) is -1.79. The van der Waals surface area contributed by atoms with Crippen molar-refractivity contribution >= 4 is 10.0 Å². The number of piperidine rings is 1. The number of hydrogen-bond acceptors (Lipinski definition) is 4. The first-order chi connectivity index (χ1) is 13.6. The van der Waals surface area contributed by atoms with Crippen LogP contribution >= 0.6 is 0 Å². The van der Waals surface area contributed by atoms with Crippen molar-refractivity contribution in [2.45, 2.75) is 43.3 Å². The van der Waals surface area contributed by atoms with Gasteiger partial charge in [-0.15, -0.1) is 0 Å². The molecular weight excluding hydrogens is 374 g/mol. The van der Waals surface area contributed by atoms with Crippen molar-refractivity contribution in [3.63, 3.8) is 0 Å². The van der Waals surface area contributed by atoms with Gasteiger partial charge in [-0.25, -0.2) is 8.42 Å². The van der Waals surface area contributed by atoms with Crippen molar-refractivity contribution in [3.8, 4) is 0 Å². The summed E-state index contributed by atoms with van der Waals surface area (Å²) < 4.78 is 32.0. The summed E-state index contributed by atoms with van der Waals surface area (Å²) in [4.78, 5) is 0. The van der Waals surface area contributed by atoms with Gasteiger partial charge in [0.05, 0.1) is 18.4 Å². The molecule has 0 aliphatic carbocycles. The van der Waals surface area contributed by atoms with Gasteiger partial charge in [-0.2, -0.15) is 14.5 Å². The minimum atomic E-state index is -3.65. The third-order valence-electron chi connectivity index (χ3n) is 5.27. The summed E-state index contributed by atoms with van der Waals surface area (Å²) in [6.07, 6.45) is 8.67. The van der Waals surface area contributed by atoms with Crippen LogP contribution in [0.4, 0.5) is 0 Å². The van der Waals surface area contributed by atoms with Gasteiger partial charge >= 0.3 is 0 Å². The first kappa shape index (κ1) is 18.9. The Morgan fingerprint density at radius 3 is 2.68 bits per heavy atom. The van der Waals surface area contributed by atoms with Gasteiger partial charge in [-0.05, 0) is 30.9 Å². The number of nitrogens with zero attached hydrogens (tertiary/aromatic N) is 5. The second kappa shape index (κ2) is 7.89. The Balaban J connectivity index is 1.60. The number of benzene rings is 1. The average molecular weight is 400 g/mol. The van der Waals surface area contributed by atoms with E-state index in [-0.39, 0.29) is 11.1 Å². The normalized spacial score (nSPS) is 18.4. The largest absolute Gasteiger partial charge is 0.275 e. The monoisotopic (exact) mass is 399 g/mol. The van der Waals surface area contributed by atoms with E-state index in [1.807, 2.05) is 43.6 Å². The maximum Gasteiger partial charge on any atom is 0.260 e. The predicted octanol–water partition coefficient (Wildman–Crippen LogP) is 2.78. The highest BCUT2D eigenvalue weighted by Crippen LogP contribution is 2.35. The molecule has 1 aliphatic heterocycles. The fraction of sp³-hybridized carbons (Fsp3) is 0.400. The van der Waals surface area contributed by atoms with Gasteiger partial charge in [0.25, 0.3) is 10.0 Å². The molecule has 4 rings (SSSR count). The number of rotatable bonds is 6. The third-order valence-corrected chi connectivity index (χ3v) is 7.20. The molecular formula is C20H25N5O2S. The second-order valence-electron chi connectivity index (χ2n) is 7.20. The second-order valence-corrected chi connectivity index (χ2v) is 9.04. The predicted molar refractivity (Wildman–Crippen MR) is 106 cm³/mol. The Labute approximate surface area is 165 Å². The fourth-order valence-corrected chi connectivity index (χ4v) is 5.65. The Morgan fingerprint density at radius 1 is 1.11 bits per heavy atom. The van der Waals surface area contributed by atoms with E-state index in [9.17, 15) is 8.42 Å². The van der Waals surface area contributed by atoms with Gasteiger partial charge in [-0.3, -0.25) is 9.36 Å². The SMILES string of the molecule is Cn1cc(C2CCCCN2S(=O)(=O)c2ccnn2CCc2ccccc2)cn1. The first-order valence-corrected chi connectivity index (χ1v) is 11.1. The minimum Gasteiger partial charge on any atom is -0.275 e. The van der Waals surface area contributed by atoms with E-state index in [0.29, 0.717) is 13.1 Å². The van der Waals surface area contributed by atoms with Crippen molar-refractivity contribution in [2.24, 2.45) is 7.05 Å². The molecule has 1 atom stereocenters. The van der Waals surface area contributed by atoms with Crippen molar-refractivity contribution in [1.29, 1.82) is 0 Å². The fourth-order valence-electron chi connectivity index (χ4n) is 3.85. The number of aromatic nitrogens is 4. The highest BCUT2D eigenvalue weighted by atomic mass is 32.2. The third kappa shape index (κ3) is 3.74. The van der Waals surface area contributed by atoms with Gasteiger partial charge < -0.3 is 0 Å². The van der Waals surface area contributed by atoms with E-state index in [2.05, 4.69) is 10.2 Å². The van der Waals surface area contributed by atoms with Crippen LogP contribution in [0.2, 0.25) is 0 Å². The number of hydrogen-bond donors (Lipinski definition) is 0. The maximum absolute atomic E-state index is 13.5. The van der Waals surface area contributed by atoms with E-state index in [1.54, 1.807) is 32.1 Å².